The Kier molecular flexibility index (Phi) is 1.24. The maximum atomic E-state index is 1.65. The predicted molar refractivity (Wildman–Crippen MR) is 44.7 cm³/mol. The fraction of sp³-hybridized carbons (Fsp3) is 1.00. The van der Waals surface area contributed by atoms with Crippen molar-refractivity contribution in [3.05, 3.63) is 0 Å². The zero-order valence-electron chi connectivity index (χ0n) is 6.42. The van der Waals surface area contributed by atoms with Gasteiger partial charge < -0.3 is 0 Å². The Bertz CT molecular complexity index is 114. The summed E-state index contributed by atoms with van der Waals surface area (Å²) in [6, 6.07) is 0. The van der Waals surface area contributed by atoms with E-state index in [-0.39, 0.29) is 14.7 Å². The molecule has 0 heterocycles. The standard InChI is InChI=1S/C9H15As/c1-2-7(1)10(8-3-4-8)9-5-6-9/h7-9H,1-6H2. The van der Waals surface area contributed by atoms with Crippen molar-refractivity contribution >= 4 is 14.7 Å². The van der Waals surface area contributed by atoms with Crippen molar-refractivity contribution in [1.82, 2.24) is 0 Å². The first-order valence-corrected chi connectivity index (χ1v) is 7.97. The van der Waals surface area contributed by atoms with E-state index in [1.165, 1.54) is 14.1 Å². The van der Waals surface area contributed by atoms with Gasteiger partial charge in [0.15, 0.2) is 0 Å². The summed E-state index contributed by atoms with van der Waals surface area (Å²) in [7, 11) is 0. The summed E-state index contributed by atoms with van der Waals surface area (Å²) in [6.45, 7) is 0. The van der Waals surface area contributed by atoms with Gasteiger partial charge in [0.25, 0.3) is 0 Å². The molecule has 0 unspecified atom stereocenters. The van der Waals surface area contributed by atoms with Crippen molar-refractivity contribution in [3.63, 3.8) is 0 Å². The second-order valence-electron chi connectivity index (χ2n) is 4.14. The Balaban J connectivity index is 1.69. The quantitative estimate of drug-likeness (QED) is 0.611. The van der Waals surface area contributed by atoms with E-state index in [0.29, 0.717) is 0 Å². The number of rotatable bonds is 3. The van der Waals surface area contributed by atoms with Gasteiger partial charge in [-0.2, -0.15) is 0 Å². The SMILES string of the molecule is C1CC1[As](C1CC1)C1CC1. The molecule has 0 amide bonds. The molecule has 0 radical (unpaired) electrons. The van der Waals surface area contributed by atoms with Gasteiger partial charge >= 0.3 is 67.3 Å². The Morgan fingerprint density at radius 2 is 0.900 bits per heavy atom. The third-order valence-corrected chi connectivity index (χ3v) is 11.5. The topological polar surface area (TPSA) is 0 Å². The average Bonchev–Trinajstić information content (AvgIpc) is 2.78. The van der Waals surface area contributed by atoms with E-state index >= 15 is 0 Å². The van der Waals surface area contributed by atoms with Crippen molar-refractivity contribution < 1.29 is 0 Å². The zero-order valence-corrected chi connectivity index (χ0v) is 8.30. The number of hydrogen-bond donors (Lipinski definition) is 0. The predicted octanol–water partition coefficient (Wildman–Crippen LogP) is 2.97. The summed E-state index contributed by atoms with van der Waals surface area (Å²) in [6.07, 6.45) is 9.88. The van der Waals surface area contributed by atoms with Gasteiger partial charge in [-0.1, -0.05) is 0 Å². The van der Waals surface area contributed by atoms with Crippen molar-refractivity contribution in [2.24, 2.45) is 0 Å². The van der Waals surface area contributed by atoms with Crippen LogP contribution in [0.3, 0.4) is 0 Å². The second kappa shape index (κ2) is 2.03. The van der Waals surface area contributed by atoms with Crippen molar-refractivity contribution in [2.45, 2.75) is 52.6 Å². The molecule has 1 heteroatoms. The molecule has 3 rings (SSSR count). The minimum atomic E-state index is -0.188. The van der Waals surface area contributed by atoms with Crippen LogP contribution in [0, 0.1) is 0 Å². The van der Waals surface area contributed by atoms with Gasteiger partial charge in [0, 0.05) is 0 Å². The Labute approximate surface area is 67.6 Å². The molecule has 0 atom stereocenters. The fourth-order valence-electron chi connectivity index (χ4n) is 2.01. The Morgan fingerprint density at radius 1 is 0.600 bits per heavy atom. The van der Waals surface area contributed by atoms with Crippen LogP contribution in [0.25, 0.3) is 0 Å². The minimum absolute atomic E-state index is 0.188. The first-order chi connectivity index (χ1) is 4.95. The first kappa shape index (κ1) is 6.12. The molecule has 0 aliphatic heterocycles. The molecule has 3 fully saturated rings. The van der Waals surface area contributed by atoms with Crippen LogP contribution in [-0.2, 0) is 0 Å². The van der Waals surface area contributed by atoms with Crippen LogP contribution in [0.1, 0.15) is 38.5 Å². The molecule has 56 valence electrons. The molecule has 10 heavy (non-hydrogen) atoms. The summed E-state index contributed by atoms with van der Waals surface area (Å²) in [4.78, 5) is 0. The molecule has 0 aromatic rings. The average molecular weight is 198 g/mol. The van der Waals surface area contributed by atoms with Crippen LogP contribution in [0.15, 0.2) is 0 Å². The third-order valence-electron chi connectivity index (χ3n) is 2.91. The van der Waals surface area contributed by atoms with Gasteiger partial charge in [-0.3, -0.25) is 0 Å². The summed E-state index contributed by atoms with van der Waals surface area (Å²) in [5.74, 6) is 0. The van der Waals surface area contributed by atoms with Crippen molar-refractivity contribution in [2.75, 3.05) is 0 Å². The van der Waals surface area contributed by atoms with E-state index in [1.54, 1.807) is 38.5 Å². The second-order valence-corrected chi connectivity index (χ2v) is 10.6. The molecule has 0 aromatic heterocycles. The van der Waals surface area contributed by atoms with Gasteiger partial charge in [-0.05, 0) is 0 Å². The van der Waals surface area contributed by atoms with Gasteiger partial charge in [-0.15, -0.1) is 0 Å². The van der Waals surface area contributed by atoms with Crippen LogP contribution < -0.4 is 0 Å². The molecular formula is C9H15As. The molecule has 0 spiro atoms. The van der Waals surface area contributed by atoms with E-state index in [4.69, 9.17) is 0 Å². The number of hydrogen-bond acceptors (Lipinski definition) is 0. The van der Waals surface area contributed by atoms with Crippen LogP contribution >= 0.6 is 0 Å². The van der Waals surface area contributed by atoms with Crippen molar-refractivity contribution in [1.29, 1.82) is 0 Å². The fourth-order valence-corrected chi connectivity index (χ4v) is 10.5. The molecule has 3 saturated carbocycles. The summed E-state index contributed by atoms with van der Waals surface area (Å²) in [5, 5.41) is 0. The van der Waals surface area contributed by atoms with E-state index in [0.717, 1.165) is 0 Å². The molecular weight excluding hydrogens is 183 g/mol. The van der Waals surface area contributed by atoms with Crippen molar-refractivity contribution in [3.8, 4) is 0 Å². The maximum absolute atomic E-state index is 1.65. The summed E-state index contributed by atoms with van der Waals surface area (Å²) in [5.41, 5.74) is 0. The Morgan fingerprint density at radius 3 is 1.10 bits per heavy atom. The molecule has 0 nitrogen and oxygen atoms in total. The normalized spacial score (nSPS) is 33.3. The molecule has 0 N–H and O–H groups in total. The van der Waals surface area contributed by atoms with Gasteiger partial charge in [0.1, 0.15) is 0 Å². The van der Waals surface area contributed by atoms with Gasteiger partial charge in [-0.25, -0.2) is 0 Å². The van der Waals surface area contributed by atoms with E-state index < -0.39 is 0 Å². The third kappa shape index (κ3) is 1.05. The molecule has 0 saturated heterocycles. The van der Waals surface area contributed by atoms with Crippen LogP contribution in [0.4, 0.5) is 0 Å². The molecule has 0 bridgehead atoms. The van der Waals surface area contributed by atoms with E-state index in [1.807, 2.05) is 0 Å². The summed E-state index contributed by atoms with van der Waals surface area (Å²) >= 11 is -0.188. The van der Waals surface area contributed by atoms with Crippen LogP contribution in [0.5, 0.6) is 0 Å². The summed E-state index contributed by atoms with van der Waals surface area (Å²) < 4.78 is 4.06. The molecule has 0 aromatic carbocycles. The Hall–Kier alpha value is 0.558. The van der Waals surface area contributed by atoms with Gasteiger partial charge in [0.05, 0.1) is 0 Å². The molecule has 3 aliphatic rings. The molecule has 3 aliphatic carbocycles. The zero-order chi connectivity index (χ0) is 6.55. The van der Waals surface area contributed by atoms with Crippen LogP contribution in [-0.4, -0.2) is 14.7 Å². The first-order valence-electron chi connectivity index (χ1n) is 4.72. The van der Waals surface area contributed by atoms with E-state index in [9.17, 15) is 0 Å². The van der Waals surface area contributed by atoms with E-state index in [2.05, 4.69) is 0 Å². The van der Waals surface area contributed by atoms with Crippen LogP contribution in [0.2, 0.25) is 14.1 Å². The van der Waals surface area contributed by atoms with Gasteiger partial charge in [0.2, 0.25) is 0 Å². The monoisotopic (exact) mass is 198 g/mol.